The van der Waals surface area contributed by atoms with Gasteiger partial charge in [-0.25, -0.2) is 0 Å². The Hall–Kier alpha value is -3.27. The summed E-state index contributed by atoms with van der Waals surface area (Å²) >= 11 is 0. The number of carbonyl (C=O) groups is 3. The van der Waals surface area contributed by atoms with Gasteiger partial charge in [0.1, 0.15) is 13.2 Å². The molecule has 2 unspecified atom stereocenters. The number of ether oxygens (including phenoxy) is 4. The number of carboxylic acid groups (broad SMARTS) is 1. The lowest BCUT2D eigenvalue weighted by Gasteiger charge is -2.26. The van der Waals surface area contributed by atoms with Gasteiger partial charge in [0.25, 0.3) is 0 Å². The molecular weight excluding hydrogens is 731 g/mol. The molecule has 9 heteroatoms. The molecule has 9 nitrogen and oxygen atoms in total. The molecule has 0 saturated heterocycles. The number of rotatable bonds is 40. The van der Waals surface area contributed by atoms with Gasteiger partial charge in [-0.2, -0.15) is 0 Å². The van der Waals surface area contributed by atoms with Crippen LogP contribution < -0.4 is 5.11 Å². The monoisotopic (exact) mass is 814 g/mol. The fraction of sp³-hybridized carbons (Fsp3) is 0.694. The average Bonchev–Trinajstić information content (AvgIpc) is 3.18. The Bertz CT molecular complexity index is 1180. The Morgan fingerprint density at radius 2 is 0.983 bits per heavy atom. The second-order valence-corrected chi connectivity index (χ2v) is 16.0. The molecule has 0 aliphatic heterocycles. The van der Waals surface area contributed by atoms with Gasteiger partial charge < -0.3 is 33.3 Å². The van der Waals surface area contributed by atoms with Gasteiger partial charge in [-0.05, 0) is 64.2 Å². The van der Waals surface area contributed by atoms with Crippen LogP contribution in [0.3, 0.4) is 0 Å². The minimum absolute atomic E-state index is 0.143. The van der Waals surface area contributed by atoms with Crippen LogP contribution in [-0.4, -0.2) is 82.3 Å². The summed E-state index contributed by atoms with van der Waals surface area (Å²) in [7, 11) is 5.89. The number of carboxylic acids is 1. The lowest BCUT2D eigenvalue weighted by Crippen LogP contribution is -2.44. The predicted molar refractivity (Wildman–Crippen MR) is 237 cm³/mol. The third kappa shape index (κ3) is 40.9. The van der Waals surface area contributed by atoms with Gasteiger partial charge in [-0.15, -0.1) is 0 Å². The molecule has 0 aliphatic rings. The molecule has 0 radical (unpaired) electrons. The summed E-state index contributed by atoms with van der Waals surface area (Å²) in [4.78, 5) is 36.7. The van der Waals surface area contributed by atoms with E-state index in [0.717, 1.165) is 96.3 Å². The number of likely N-dealkylation sites (N-methyl/N-ethyl adjacent to an activating group) is 1. The molecule has 0 aliphatic carbocycles. The molecule has 0 aromatic carbocycles. The number of allylic oxidation sites excluding steroid dienone is 12. The molecular formula is C49H83NO8. The number of nitrogens with zero attached hydrogens (tertiary/aromatic N) is 1. The normalized spacial score (nSPS) is 13.6. The van der Waals surface area contributed by atoms with E-state index in [0.29, 0.717) is 17.4 Å². The standard InChI is InChI=1S/C49H83NO8/c1-6-8-10-12-14-15-16-17-18-19-20-21-22-23-24-25-26-27-28-29-30-31-32-33-34-36-38-40-47(52)58-45(43-56-46(51)39-37-35-13-11-9-7-2)44-57-49(48(53)54)55-42-41-50(3,4)5/h8,10,14-15,17-18,20-21,23-24,26-27,45,49H,6-7,9,11-13,16,19,22,25,28-44H2,1-5H3/b10-8-,15-14-,18-17-,21-20-,24-23-,27-26-. The highest BCUT2D eigenvalue weighted by molar-refractivity contribution is 5.70. The number of aliphatic carboxylic acids is 1. The lowest BCUT2D eigenvalue weighted by molar-refractivity contribution is -0.870. The predicted octanol–water partition coefficient (Wildman–Crippen LogP) is 10.6. The Morgan fingerprint density at radius 1 is 0.534 bits per heavy atom. The molecule has 0 saturated carbocycles. The summed E-state index contributed by atoms with van der Waals surface area (Å²) in [5.41, 5.74) is 0. The average molecular weight is 814 g/mol. The number of carbonyl (C=O) groups excluding carboxylic acids is 3. The first-order chi connectivity index (χ1) is 28.1. The fourth-order valence-electron chi connectivity index (χ4n) is 5.71. The maximum atomic E-state index is 12.7. The summed E-state index contributed by atoms with van der Waals surface area (Å²) in [5, 5.41) is 11.6. The van der Waals surface area contributed by atoms with Crippen LogP contribution in [0.2, 0.25) is 0 Å². The van der Waals surface area contributed by atoms with Crippen LogP contribution in [0.5, 0.6) is 0 Å². The molecule has 0 spiro atoms. The SMILES string of the molecule is CC/C=C\C/C=C\C/C=C\C/C=C\C/C=C\C/C=C\CCCCCCCCCCC(=O)OC(COC(=O)CCCCCCCC)COC(OCC[N+](C)(C)C)C(=O)[O-]. The van der Waals surface area contributed by atoms with Crippen LogP contribution in [-0.2, 0) is 33.3 Å². The number of hydrogen-bond donors (Lipinski definition) is 0. The molecule has 2 atom stereocenters. The van der Waals surface area contributed by atoms with E-state index in [9.17, 15) is 19.5 Å². The van der Waals surface area contributed by atoms with Crippen LogP contribution in [0.15, 0.2) is 72.9 Å². The number of hydrogen-bond acceptors (Lipinski definition) is 8. The van der Waals surface area contributed by atoms with Crippen molar-refractivity contribution in [2.75, 3.05) is 47.5 Å². The van der Waals surface area contributed by atoms with E-state index in [1.54, 1.807) is 0 Å². The van der Waals surface area contributed by atoms with Gasteiger partial charge in [-0.1, -0.05) is 157 Å². The minimum atomic E-state index is -1.62. The number of esters is 2. The van der Waals surface area contributed by atoms with Crippen molar-refractivity contribution in [3.05, 3.63) is 72.9 Å². The Labute approximate surface area is 354 Å². The molecule has 0 bridgehead atoms. The molecule has 58 heavy (non-hydrogen) atoms. The zero-order valence-electron chi connectivity index (χ0n) is 37.4. The van der Waals surface area contributed by atoms with Crippen LogP contribution >= 0.6 is 0 Å². The van der Waals surface area contributed by atoms with Crippen molar-refractivity contribution >= 4 is 17.9 Å². The van der Waals surface area contributed by atoms with E-state index < -0.39 is 24.3 Å². The summed E-state index contributed by atoms with van der Waals surface area (Å²) in [6.07, 6.45) is 46.8. The molecule has 0 amide bonds. The Morgan fingerprint density at radius 3 is 1.47 bits per heavy atom. The molecule has 0 heterocycles. The van der Waals surface area contributed by atoms with Crippen molar-refractivity contribution in [1.29, 1.82) is 0 Å². The van der Waals surface area contributed by atoms with E-state index >= 15 is 0 Å². The van der Waals surface area contributed by atoms with Gasteiger partial charge in [-0.3, -0.25) is 9.59 Å². The molecule has 0 N–H and O–H groups in total. The zero-order chi connectivity index (χ0) is 42.8. The van der Waals surface area contributed by atoms with Crippen molar-refractivity contribution in [3.8, 4) is 0 Å². The van der Waals surface area contributed by atoms with Crippen molar-refractivity contribution in [3.63, 3.8) is 0 Å². The summed E-state index contributed by atoms with van der Waals surface area (Å²) in [6.45, 7) is 4.52. The van der Waals surface area contributed by atoms with Crippen LogP contribution in [0, 0.1) is 0 Å². The van der Waals surface area contributed by atoms with Gasteiger partial charge >= 0.3 is 11.9 Å². The van der Waals surface area contributed by atoms with Crippen molar-refractivity contribution in [1.82, 2.24) is 0 Å². The first-order valence-electron chi connectivity index (χ1n) is 22.6. The highest BCUT2D eigenvalue weighted by Gasteiger charge is 2.21. The van der Waals surface area contributed by atoms with E-state index in [2.05, 4.69) is 86.8 Å². The molecule has 332 valence electrons. The van der Waals surface area contributed by atoms with Crippen LogP contribution in [0.4, 0.5) is 0 Å². The van der Waals surface area contributed by atoms with E-state index in [4.69, 9.17) is 18.9 Å². The first-order valence-corrected chi connectivity index (χ1v) is 22.6. The second kappa shape index (κ2) is 40.5. The van der Waals surface area contributed by atoms with Crippen LogP contribution in [0.25, 0.3) is 0 Å². The van der Waals surface area contributed by atoms with E-state index in [-0.39, 0.29) is 38.6 Å². The minimum Gasteiger partial charge on any atom is -0.545 e. The first kappa shape index (κ1) is 54.7. The highest BCUT2D eigenvalue weighted by Crippen LogP contribution is 2.13. The lowest BCUT2D eigenvalue weighted by atomic mass is 10.1. The van der Waals surface area contributed by atoms with Crippen molar-refractivity contribution < 1.29 is 42.9 Å². The smallest absolute Gasteiger partial charge is 0.306 e. The van der Waals surface area contributed by atoms with Gasteiger partial charge in [0.05, 0.1) is 40.3 Å². The molecule has 0 fully saturated rings. The Kier molecular flexibility index (Phi) is 38.2. The van der Waals surface area contributed by atoms with E-state index in [1.165, 1.54) is 32.1 Å². The quantitative estimate of drug-likeness (QED) is 0.0198. The molecule has 0 aromatic rings. The largest absolute Gasteiger partial charge is 0.545 e. The third-order valence-corrected chi connectivity index (χ3v) is 9.22. The summed E-state index contributed by atoms with van der Waals surface area (Å²) in [5.74, 6) is -2.32. The number of quaternary nitrogens is 1. The third-order valence-electron chi connectivity index (χ3n) is 9.22. The number of unbranched alkanes of at least 4 members (excludes halogenated alkanes) is 13. The zero-order valence-corrected chi connectivity index (χ0v) is 37.4. The molecule has 0 aromatic heterocycles. The topological polar surface area (TPSA) is 111 Å². The van der Waals surface area contributed by atoms with Crippen LogP contribution in [0.1, 0.15) is 162 Å². The maximum absolute atomic E-state index is 12.7. The summed E-state index contributed by atoms with van der Waals surface area (Å²) < 4.78 is 22.4. The summed E-state index contributed by atoms with van der Waals surface area (Å²) in [6, 6.07) is 0. The van der Waals surface area contributed by atoms with Crippen molar-refractivity contribution in [2.24, 2.45) is 0 Å². The highest BCUT2D eigenvalue weighted by atomic mass is 16.7. The van der Waals surface area contributed by atoms with E-state index in [1.807, 2.05) is 21.1 Å². The van der Waals surface area contributed by atoms with Crippen molar-refractivity contribution in [2.45, 2.75) is 174 Å². The Balaban J connectivity index is 4.23. The van der Waals surface area contributed by atoms with Gasteiger partial charge in [0.2, 0.25) is 0 Å². The molecule has 0 rings (SSSR count). The van der Waals surface area contributed by atoms with Gasteiger partial charge in [0, 0.05) is 12.8 Å². The second-order valence-electron chi connectivity index (χ2n) is 16.0. The fourth-order valence-corrected chi connectivity index (χ4v) is 5.71. The maximum Gasteiger partial charge on any atom is 0.306 e. The van der Waals surface area contributed by atoms with Gasteiger partial charge in [0.15, 0.2) is 12.4 Å².